The minimum Gasteiger partial charge on any atom is -0.380 e. The second-order valence-electron chi connectivity index (χ2n) is 2.50. The first kappa shape index (κ1) is 8.83. The summed E-state index contributed by atoms with van der Waals surface area (Å²) in [6, 6.07) is 8.07. The molecular formula is C11H12O. The quantitative estimate of drug-likeness (QED) is 0.603. The van der Waals surface area contributed by atoms with Crippen LogP contribution < -0.4 is 0 Å². The lowest BCUT2D eigenvalue weighted by Crippen LogP contribution is -1.86. The van der Waals surface area contributed by atoms with E-state index >= 15 is 0 Å². The van der Waals surface area contributed by atoms with Crippen molar-refractivity contribution in [2.45, 2.75) is 13.5 Å². The van der Waals surface area contributed by atoms with Crippen LogP contribution in [0.4, 0.5) is 0 Å². The van der Waals surface area contributed by atoms with E-state index in [1.165, 1.54) is 5.56 Å². The van der Waals surface area contributed by atoms with Crippen molar-refractivity contribution in [1.29, 1.82) is 0 Å². The van der Waals surface area contributed by atoms with Crippen LogP contribution in [0.3, 0.4) is 0 Å². The Labute approximate surface area is 73.4 Å². The van der Waals surface area contributed by atoms with Gasteiger partial charge in [0.15, 0.2) is 0 Å². The minimum absolute atomic E-state index is 0.667. The fourth-order valence-electron chi connectivity index (χ4n) is 0.995. The molecule has 1 aromatic carbocycles. The zero-order valence-electron chi connectivity index (χ0n) is 7.42. The summed E-state index contributed by atoms with van der Waals surface area (Å²) < 4.78 is 4.99. The molecule has 0 unspecified atom stereocenters. The minimum atomic E-state index is 0.667. The molecule has 12 heavy (non-hydrogen) atoms. The summed E-state index contributed by atoms with van der Waals surface area (Å²) in [6.45, 7) is 2.50. The second kappa shape index (κ2) is 4.58. The van der Waals surface area contributed by atoms with Crippen LogP contribution in [0, 0.1) is 11.8 Å². The number of methoxy groups -OCH3 is 1. The van der Waals surface area contributed by atoms with Crippen LogP contribution in [-0.4, -0.2) is 7.11 Å². The number of hydrogen-bond acceptors (Lipinski definition) is 1. The first-order valence-electron chi connectivity index (χ1n) is 3.87. The lowest BCUT2D eigenvalue weighted by molar-refractivity contribution is 0.185. The largest absolute Gasteiger partial charge is 0.380 e. The highest BCUT2D eigenvalue weighted by molar-refractivity contribution is 5.35. The van der Waals surface area contributed by atoms with Gasteiger partial charge >= 0.3 is 0 Å². The Kier molecular flexibility index (Phi) is 3.37. The molecule has 0 aromatic heterocycles. The SMILES string of the molecule is CC#Cc1ccc(COC)cc1. The van der Waals surface area contributed by atoms with Gasteiger partial charge in [-0.15, -0.1) is 5.92 Å². The van der Waals surface area contributed by atoms with Crippen LogP contribution in [0.1, 0.15) is 18.1 Å². The van der Waals surface area contributed by atoms with Crippen LogP contribution >= 0.6 is 0 Å². The summed E-state index contributed by atoms with van der Waals surface area (Å²) in [5.41, 5.74) is 2.23. The monoisotopic (exact) mass is 160 g/mol. The molecule has 0 atom stereocenters. The average molecular weight is 160 g/mol. The summed E-state index contributed by atoms with van der Waals surface area (Å²) in [6.07, 6.45) is 0. The Morgan fingerprint density at radius 3 is 2.42 bits per heavy atom. The third-order valence-corrected chi connectivity index (χ3v) is 1.53. The molecule has 0 aliphatic rings. The smallest absolute Gasteiger partial charge is 0.0713 e. The summed E-state index contributed by atoms with van der Waals surface area (Å²) in [4.78, 5) is 0. The van der Waals surface area contributed by atoms with Crippen LogP contribution in [0.5, 0.6) is 0 Å². The van der Waals surface area contributed by atoms with E-state index in [-0.39, 0.29) is 0 Å². The zero-order chi connectivity index (χ0) is 8.81. The molecule has 0 saturated carbocycles. The van der Waals surface area contributed by atoms with Crippen molar-refractivity contribution >= 4 is 0 Å². The fourth-order valence-corrected chi connectivity index (χ4v) is 0.995. The molecule has 0 fully saturated rings. The van der Waals surface area contributed by atoms with Crippen LogP contribution in [0.2, 0.25) is 0 Å². The average Bonchev–Trinajstić information content (AvgIpc) is 2.09. The standard InChI is InChI=1S/C11H12O/c1-3-4-10-5-7-11(8-6-10)9-12-2/h5-8H,9H2,1-2H3. The maximum absolute atomic E-state index is 4.99. The van der Waals surface area contributed by atoms with Gasteiger partial charge in [-0.05, 0) is 24.6 Å². The maximum Gasteiger partial charge on any atom is 0.0713 e. The summed E-state index contributed by atoms with van der Waals surface area (Å²) in [7, 11) is 1.69. The number of ether oxygens (including phenoxy) is 1. The summed E-state index contributed by atoms with van der Waals surface area (Å²) in [5.74, 6) is 5.84. The highest BCUT2D eigenvalue weighted by Gasteiger charge is 1.90. The number of rotatable bonds is 2. The molecule has 1 aromatic rings. The van der Waals surface area contributed by atoms with Gasteiger partial charge in [0, 0.05) is 12.7 Å². The van der Waals surface area contributed by atoms with Crippen LogP contribution in [-0.2, 0) is 11.3 Å². The normalized spacial score (nSPS) is 8.83. The van der Waals surface area contributed by atoms with Gasteiger partial charge in [-0.1, -0.05) is 18.1 Å². The highest BCUT2D eigenvalue weighted by Crippen LogP contribution is 2.03. The molecule has 0 N–H and O–H groups in total. The molecule has 0 heterocycles. The predicted molar refractivity (Wildman–Crippen MR) is 49.7 cm³/mol. The van der Waals surface area contributed by atoms with E-state index in [2.05, 4.69) is 11.8 Å². The Morgan fingerprint density at radius 2 is 1.92 bits per heavy atom. The first-order valence-corrected chi connectivity index (χ1v) is 3.87. The van der Waals surface area contributed by atoms with Crippen molar-refractivity contribution in [2.75, 3.05) is 7.11 Å². The molecular weight excluding hydrogens is 148 g/mol. The molecule has 0 amide bonds. The molecule has 0 aliphatic heterocycles. The molecule has 0 aliphatic carbocycles. The lowest BCUT2D eigenvalue weighted by atomic mass is 10.1. The molecule has 0 bridgehead atoms. The Morgan fingerprint density at radius 1 is 1.25 bits per heavy atom. The van der Waals surface area contributed by atoms with E-state index in [4.69, 9.17) is 4.74 Å². The topological polar surface area (TPSA) is 9.23 Å². The van der Waals surface area contributed by atoms with Gasteiger partial charge in [0.1, 0.15) is 0 Å². The van der Waals surface area contributed by atoms with Gasteiger partial charge in [-0.25, -0.2) is 0 Å². The van der Waals surface area contributed by atoms with Crippen molar-refractivity contribution < 1.29 is 4.74 Å². The van der Waals surface area contributed by atoms with E-state index in [1.807, 2.05) is 31.2 Å². The first-order chi connectivity index (χ1) is 5.86. The number of benzene rings is 1. The van der Waals surface area contributed by atoms with Gasteiger partial charge in [-0.3, -0.25) is 0 Å². The van der Waals surface area contributed by atoms with E-state index in [0.717, 1.165) is 5.56 Å². The maximum atomic E-state index is 4.99. The lowest BCUT2D eigenvalue weighted by Gasteiger charge is -1.98. The van der Waals surface area contributed by atoms with Gasteiger partial charge in [0.2, 0.25) is 0 Å². The fraction of sp³-hybridized carbons (Fsp3) is 0.273. The van der Waals surface area contributed by atoms with Crippen molar-refractivity contribution in [1.82, 2.24) is 0 Å². The van der Waals surface area contributed by atoms with Crippen molar-refractivity contribution in [2.24, 2.45) is 0 Å². The summed E-state index contributed by atoms with van der Waals surface area (Å²) >= 11 is 0. The second-order valence-corrected chi connectivity index (χ2v) is 2.50. The van der Waals surface area contributed by atoms with Crippen LogP contribution in [0.25, 0.3) is 0 Å². The Balaban J connectivity index is 2.76. The van der Waals surface area contributed by atoms with Gasteiger partial charge < -0.3 is 4.74 Å². The summed E-state index contributed by atoms with van der Waals surface area (Å²) in [5, 5.41) is 0. The third kappa shape index (κ3) is 2.41. The van der Waals surface area contributed by atoms with Crippen molar-refractivity contribution in [3.8, 4) is 11.8 Å². The zero-order valence-corrected chi connectivity index (χ0v) is 7.42. The third-order valence-electron chi connectivity index (χ3n) is 1.53. The molecule has 62 valence electrons. The van der Waals surface area contributed by atoms with Gasteiger partial charge in [-0.2, -0.15) is 0 Å². The van der Waals surface area contributed by atoms with E-state index in [0.29, 0.717) is 6.61 Å². The van der Waals surface area contributed by atoms with Crippen molar-refractivity contribution in [3.05, 3.63) is 35.4 Å². The highest BCUT2D eigenvalue weighted by atomic mass is 16.5. The molecule has 1 heteroatoms. The molecule has 1 rings (SSSR count). The molecule has 0 radical (unpaired) electrons. The van der Waals surface area contributed by atoms with Crippen LogP contribution in [0.15, 0.2) is 24.3 Å². The van der Waals surface area contributed by atoms with Gasteiger partial charge in [0.25, 0.3) is 0 Å². The van der Waals surface area contributed by atoms with E-state index < -0.39 is 0 Å². The predicted octanol–water partition coefficient (Wildman–Crippen LogP) is 2.20. The Hall–Kier alpha value is -1.26. The Bertz CT molecular complexity index is 287. The van der Waals surface area contributed by atoms with Gasteiger partial charge in [0.05, 0.1) is 6.61 Å². The van der Waals surface area contributed by atoms with E-state index in [1.54, 1.807) is 7.11 Å². The van der Waals surface area contributed by atoms with E-state index in [9.17, 15) is 0 Å². The molecule has 1 nitrogen and oxygen atoms in total. The molecule has 0 spiro atoms. The van der Waals surface area contributed by atoms with Crippen molar-refractivity contribution in [3.63, 3.8) is 0 Å². The molecule has 0 saturated heterocycles. The number of hydrogen-bond donors (Lipinski definition) is 0.